The van der Waals surface area contributed by atoms with Crippen molar-refractivity contribution < 1.29 is 19.4 Å². The monoisotopic (exact) mass is 353 g/mol. The summed E-state index contributed by atoms with van der Waals surface area (Å²) in [5, 5.41) is 20.7. The Kier molecular flexibility index (Phi) is 4.77. The molecule has 2 amide bonds. The fraction of sp³-hybridized carbons (Fsp3) is 0.308. The second-order valence-corrected chi connectivity index (χ2v) is 5.27. The third kappa shape index (κ3) is 3.51. The molecule has 7 nitrogen and oxygen atoms in total. The Bertz CT molecular complexity index is 614. The zero-order valence-electron chi connectivity index (χ0n) is 10.9. The van der Waals surface area contributed by atoms with E-state index in [1.165, 1.54) is 4.90 Å². The number of hydrogen-bond donors (Lipinski definition) is 2. The van der Waals surface area contributed by atoms with Gasteiger partial charge in [0, 0.05) is 11.0 Å². The lowest BCUT2D eigenvalue weighted by Crippen LogP contribution is -2.54. The lowest BCUT2D eigenvalue weighted by Gasteiger charge is -2.32. The zero-order valence-corrected chi connectivity index (χ0v) is 12.5. The van der Waals surface area contributed by atoms with Gasteiger partial charge in [0.1, 0.15) is 6.07 Å². The van der Waals surface area contributed by atoms with Crippen LogP contribution in [0.3, 0.4) is 0 Å². The molecule has 1 fully saturated rings. The predicted molar refractivity (Wildman–Crippen MR) is 76.8 cm³/mol. The van der Waals surface area contributed by atoms with Gasteiger partial charge in [-0.05, 0) is 18.2 Å². The third-order valence-corrected chi connectivity index (χ3v) is 3.51. The van der Waals surface area contributed by atoms with Gasteiger partial charge in [0.2, 0.25) is 0 Å². The number of carboxylic acid groups (broad SMARTS) is 1. The molecule has 1 unspecified atom stereocenters. The Balaban J connectivity index is 2.17. The molecule has 1 aliphatic rings. The number of carboxylic acids is 1. The maximum Gasteiger partial charge on any atom is 0.328 e. The second-order valence-electron chi connectivity index (χ2n) is 4.35. The lowest BCUT2D eigenvalue weighted by atomic mass is 10.2. The number of hydrogen-bond acceptors (Lipinski definition) is 4. The van der Waals surface area contributed by atoms with E-state index in [1.54, 1.807) is 18.2 Å². The van der Waals surface area contributed by atoms with Gasteiger partial charge in [0.15, 0.2) is 6.04 Å². The highest BCUT2D eigenvalue weighted by Gasteiger charge is 2.33. The highest BCUT2D eigenvalue weighted by Crippen LogP contribution is 2.21. The summed E-state index contributed by atoms with van der Waals surface area (Å²) < 4.78 is 5.79. The van der Waals surface area contributed by atoms with Crippen molar-refractivity contribution >= 4 is 33.6 Å². The molecule has 1 saturated heterocycles. The van der Waals surface area contributed by atoms with Crippen molar-refractivity contribution in [3.05, 3.63) is 28.2 Å². The molecular weight excluding hydrogens is 342 g/mol. The molecule has 1 heterocycles. The summed E-state index contributed by atoms with van der Waals surface area (Å²) in [6.45, 7) is 0.415. The first-order valence-electron chi connectivity index (χ1n) is 6.10. The molecule has 0 aliphatic carbocycles. The number of ether oxygens (including phenoxy) is 1. The van der Waals surface area contributed by atoms with Crippen molar-refractivity contribution in [3.8, 4) is 6.07 Å². The number of halogens is 1. The van der Waals surface area contributed by atoms with E-state index in [0.29, 0.717) is 10.2 Å². The number of aliphatic carboxylic acids is 1. The van der Waals surface area contributed by atoms with Crippen molar-refractivity contribution in [1.82, 2.24) is 4.90 Å². The number of carbonyl (C=O) groups excluding carboxylic acids is 1. The highest BCUT2D eigenvalue weighted by molar-refractivity contribution is 9.10. The summed E-state index contributed by atoms with van der Waals surface area (Å²) in [6.07, 6.45) is 0. The van der Waals surface area contributed by atoms with Crippen molar-refractivity contribution in [3.63, 3.8) is 0 Å². The first-order valence-corrected chi connectivity index (χ1v) is 6.90. The third-order valence-electron chi connectivity index (χ3n) is 3.02. The highest BCUT2D eigenvalue weighted by atomic mass is 79.9. The molecule has 110 valence electrons. The van der Waals surface area contributed by atoms with E-state index >= 15 is 0 Å². The molecule has 0 saturated carbocycles. The second kappa shape index (κ2) is 6.56. The van der Waals surface area contributed by atoms with Gasteiger partial charge < -0.3 is 20.1 Å². The summed E-state index contributed by atoms with van der Waals surface area (Å²) in [6, 6.07) is 5.22. The topological polar surface area (TPSA) is 103 Å². The number of nitriles is 1. The standard InChI is InChI=1S/C13H12BrN3O4/c14-9-1-2-10(8(5-9)6-15)16-13(20)17-3-4-21-7-11(17)12(18)19/h1-2,5,11H,3-4,7H2,(H,16,20)(H,18,19). The van der Waals surface area contributed by atoms with Gasteiger partial charge in [-0.3, -0.25) is 0 Å². The normalized spacial score (nSPS) is 17.9. The number of morpholine rings is 1. The Morgan fingerprint density at radius 3 is 2.95 bits per heavy atom. The van der Waals surface area contributed by atoms with Crippen LogP contribution in [-0.4, -0.2) is 47.8 Å². The van der Waals surface area contributed by atoms with Crippen molar-refractivity contribution in [1.29, 1.82) is 5.26 Å². The SMILES string of the molecule is N#Cc1cc(Br)ccc1NC(=O)N1CCOCC1C(=O)O. The molecule has 1 aliphatic heterocycles. The number of benzene rings is 1. The summed E-state index contributed by atoms with van der Waals surface area (Å²) in [4.78, 5) is 24.5. The number of urea groups is 1. The van der Waals surface area contributed by atoms with Crippen LogP contribution in [0.4, 0.5) is 10.5 Å². The Labute approximate surface area is 129 Å². The maximum absolute atomic E-state index is 12.2. The summed E-state index contributed by atoms with van der Waals surface area (Å²) in [5.41, 5.74) is 0.624. The van der Waals surface area contributed by atoms with Crippen LogP contribution in [0.1, 0.15) is 5.56 Å². The van der Waals surface area contributed by atoms with Crippen LogP contribution in [0.25, 0.3) is 0 Å². The van der Waals surface area contributed by atoms with Crippen molar-refractivity contribution in [2.75, 3.05) is 25.1 Å². The summed E-state index contributed by atoms with van der Waals surface area (Å²) in [5.74, 6) is -1.12. The van der Waals surface area contributed by atoms with E-state index in [0.717, 1.165) is 0 Å². The zero-order chi connectivity index (χ0) is 15.4. The van der Waals surface area contributed by atoms with Crippen LogP contribution < -0.4 is 5.32 Å². The van der Waals surface area contributed by atoms with Crippen molar-refractivity contribution in [2.24, 2.45) is 0 Å². The van der Waals surface area contributed by atoms with Gasteiger partial charge in [-0.25, -0.2) is 9.59 Å². The molecule has 2 N–H and O–H groups in total. The lowest BCUT2D eigenvalue weighted by molar-refractivity contribution is -0.147. The first-order chi connectivity index (χ1) is 10.0. The van der Waals surface area contributed by atoms with Crippen LogP contribution >= 0.6 is 15.9 Å². The van der Waals surface area contributed by atoms with Gasteiger partial charge in [-0.2, -0.15) is 5.26 Å². The van der Waals surface area contributed by atoms with Gasteiger partial charge in [0.05, 0.1) is 24.5 Å². The molecule has 21 heavy (non-hydrogen) atoms. The fourth-order valence-electron chi connectivity index (χ4n) is 1.96. The number of amides is 2. The van der Waals surface area contributed by atoms with E-state index in [2.05, 4.69) is 21.2 Å². The largest absolute Gasteiger partial charge is 0.480 e. The van der Waals surface area contributed by atoms with Crippen LogP contribution in [0.2, 0.25) is 0 Å². The van der Waals surface area contributed by atoms with Crippen molar-refractivity contribution in [2.45, 2.75) is 6.04 Å². The molecule has 0 spiro atoms. The number of rotatable bonds is 2. The maximum atomic E-state index is 12.2. The number of anilines is 1. The van der Waals surface area contributed by atoms with E-state index in [4.69, 9.17) is 15.1 Å². The quantitative estimate of drug-likeness (QED) is 0.841. The van der Waals surface area contributed by atoms with Gasteiger partial charge in [-0.15, -0.1) is 0 Å². The van der Waals surface area contributed by atoms with E-state index in [1.807, 2.05) is 6.07 Å². The minimum atomic E-state index is -1.12. The molecule has 2 rings (SSSR count). The number of nitrogens with zero attached hydrogens (tertiary/aromatic N) is 2. The van der Waals surface area contributed by atoms with Gasteiger partial charge in [0.25, 0.3) is 0 Å². The predicted octanol–water partition coefficient (Wildman–Crippen LogP) is 1.64. The average molecular weight is 354 g/mol. The van der Waals surface area contributed by atoms with Gasteiger partial charge in [-0.1, -0.05) is 15.9 Å². The molecule has 0 radical (unpaired) electrons. The van der Waals surface area contributed by atoms with E-state index in [9.17, 15) is 9.59 Å². The Morgan fingerprint density at radius 1 is 1.52 bits per heavy atom. The minimum absolute atomic E-state index is 0.0474. The van der Waals surface area contributed by atoms with Gasteiger partial charge >= 0.3 is 12.0 Å². The summed E-state index contributed by atoms with van der Waals surface area (Å²) >= 11 is 3.24. The van der Waals surface area contributed by atoms with Crippen LogP contribution in [0.15, 0.2) is 22.7 Å². The molecule has 1 aromatic carbocycles. The molecular formula is C13H12BrN3O4. The number of carbonyl (C=O) groups is 2. The molecule has 1 aromatic rings. The minimum Gasteiger partial charge on any atom is -0.480 e. The Hall–Kier alpha value is -2.11. The molecule has 0 aromatic heterocycles. The molecule has 1 atom stereocenters. The smallest absolute Gasteiger partial charge is 0.328 e. The average Bonchev–Trinajstić information content (AvgIpc) is 2.48. The van der Waals surface area contributed by atoms with E-state index in [-0.39, 0.29) is 25.3 Å². The fourth-order valence-corrected chi connectivity index (χ4v) is 2.32. The first kappa shape index (κ1) is 15.3. The van der Waals surface area contributed by atoms with Crippen LogP contribution in [0, 0.1) is 11.3 Å². The summed E-state index contributed by atoms with van der Waals surface area (Å²) in [7, 11) is 0. The molecule has 8 heteroatoms. The van der Waals surface area contributed by atoms with E-state index < -0.39 is 18.0 Å². The van der Waals surface area contributed by atoms with Crippen LogP contribution in [-0.2, 0) is 9.53 Å². The van der Waals surface area contributed by atoms with Crippen LogP contribution in [0.5, 0.6) is 0 Å². The molecule has 0 bridgehead atoms. The Morgan fingerprint density at radius 2 is 2.29 bits per heavy atom. The number of nitrogens with one attached hydrogen (secondary N) is 1.